The van der Waals surface area contributed by atoms with E-state index in [4.69, 9.17) is 23.2 Å². The third kappa shape index (κ3) is 6.94. The molecular weight excluding hydrogens is 436 g/mol. The van der Waals surface area contributed by atoms with Gasteiger partial charge in [-0.05, 0) is 55.4 Å². The Balaban J connectivity index is 2.03. The average Bonchev–Trinajstić information content (AvgIpc) is 2.68. The van der Waals surface area contributed by atoms with Crippen molar-refractivity contribution in [3.8, 4) is 11.8 Å². The lowest BCUT2D eigenvalue weighted by molar-refractivity contribution is -0.137. The number of nitrogens with zero attached hydrogens (tertiary/aromatic N) is 1. The molecule has 0 bridgehead atoms. The van der Waals surface area contributed by atoms with Gasteiger partial charge >= 0.3 is 12.1 Å². The Labute approximate surface area is 184 Å². The molecule has 2 aromatic carbocycles. The summed E-state index contributed by atoms with van der Waals surface area (Å²) < 4.78 is 38.0. The molecule has 0 saturated heterocycles. The van der Waals surface area contributed by atoms with Crippen molar-refractivity contribution in [2.24, 2.45) is 0 Å². The van der Waals surface area contributed by atoms with Crippen molar-refractivity contribution >= 4 is 34.8 Å². The Morgan fingerprint density at radius 3 is 2.33 bits per heavy atom. The van der Waals surface area contributed by atoms with Crippen molar-refractivity contribution in [2.75, 3.05) is 25.0 Å². The monoisotopic (exact) mass is 456 g/mol. The number of hydrogen-bond donors (Lipinski definition) is 1. The summed E-state index contributed by atoms with van der Waals surface area (Å²) in [5.41, 5.74) is 0.705. The number of carbonyl (C=O) groups is 1. The van der Waals surface area contributed by atoms with Gasteiger partial charge in [0.05, 0.1) is 10.6 Å². The largest absolute Gasteiger partial charge is 0.416 e. The van der Waals surface area contributed by atoms with Gasteiger partial charge in [0.25, 0.3) is 0 Å². The van der Waals surface area contributed by atoms with Crippen LogP contribution in [0, 0.1) is 11.8 Å². The molecule has 2 aromatic rings. The first kappa shape index (κ1) is 24.1. The normalized spacial score (nSPS) is 11.2. The number of benzene rings is 2. The fraction of sp³-hybridized carbons (Fsp3) is 0.318. The highest BCUT2D eigenvalue weighted by Gasteiger charge is 2.30. The molecule has 0 radical (unpaired) electrons. The zero-order valence-electron chi connectivity index (χ0n) is 16.5. The molecule has 30 heavy (non-hydrogen) atoms. The molecule has 0 unspecified atom stereocenters. The number of anilines is 1. The Kier molecular flexibility index (Phi) is 8.60. The summed E-state index contributed by atoms with van der Waals surface area (Å²) in [7, 11) is 0. The molecule has 0 saturated carbocycles. The van der Waals surface area contributed by atoms with E-state index in [2.05, 4.69) is 35.9 Å². The van der Waals surface area contributed by atoms with Crippen LogP contribution in [0.5, 0.6) is 0 Å². The van der Waals surface area contributed by atoms with E-state index in [9.17, 15) is 18.0 Å². The van der Waals surface area contributed by atoms with Crippen molar-refractivity contribution in [2.45, 2.75) is 26.4 Å². The van der Waals surface area contributed by atoms with Crippen molar-refractivity contribution in [3.05, 3.63) is 63.1 Å². The fourth-order valence-electron chi connectivity index (χ4n) is 2.73. The van der Waals surface area contributed by atoms with Gasteiger partial charge < -0.3 is 10.2 Å². The molecule has 3 nitrogen and oxygen atoms in total. The minimum atomic E-state index is -4.50. The molecule has 0 atom stereocenters. The van der Waals surface area contributed by atoms with Crippen LogP contribution in [0.15, 0.2) is 36.4 Å². The molecule has 0 spiro atoms. The second-order valence-electron chi connectivity index (χ2n) is 6.48. The first-order valence-electron chi connectivity index (χ1n) is 9.34. The van der Waals surface area contributed by atoms with Crippen LogP contribution in [0.2, 0.25) is 10.0 Å². The molecular formula is C22H21Cl2F3N2O. The minimum Gasteiger partial charge on any atom is -0.315 e. The van der Waals surface area contributed by atoms with Crippen molar-refractivity contribution < 1.29 is 18.0 Å². The third-order valence-electron chi connectivity index (χ3n) is 4.51. The highest BCUT2D eigenvalue weighted by atomic mass is 35.5. The van der Waals surface area contributed by atoms with Crippen LogP contribution in [-0.2, 0) is 17.4 Å². The van der Waals surface area contributed by atoms with Gasteiger partial charge in [0, 0.05) is 28.7 Å². The summed E-state index contributed by atoms with van der Waals surface area (Å²) >= 11 is 12.1. The number of amides is 1. The van der Waals surface area contributed by atoms with Crippen LogP contribution in [0.1, 0.15) is 30.5 Å². The van der Waals surface area contributed by atoms with E-state index in [1.807, 2.05) is 6.07 Å². The van der Waals surface area contributed by atoms with Gasteiger partial charge in [-0.15, -0.1) is 0 Å². The average molecular weight is 457 g/mol. The molecule has 0 fully saturated rings. The first-order valence-corrected chi connectivity index (χ1v) is 10.1. The number of nitrogens with one attached hydrogen (secondary N) is 1. The number of rotatable bonds is 6. The molecule has 2 rings (SSSR count). The third-order valence-corrected chi connectivity index (χ3v) is 5.17. The summed E-state index contributed by atoms with van der Waals surface area (Å²) in [6.45, 7) is 7.01. The Bertz CT molecular complexity index is 961. The van der Waals surface area contributed by atoms with E-state index in [-0.39, 0.29) is 10.6 Å². The van der Waals surface area contributed by atoms with Crippen LogP contribution in [-0.4, -0.2) is 30.4 Å². The van der Waals surface area contributed by atoms with Gasteiger partial charge in [-0.1, -0.05) is 49.0 Å². The fourth-order valence-corrected chi connectivity index (χ4v) is 3.23. The van der Waals surface area contributed by atoms with E-state index >= 15 is 0 Å². The highest BCUT2D eigenvalue weighted by molar-refractivity contribution is 6.32. The lowest BCUT2D eigenvalue weighted by Gasteiger charge is -2.18. The van der Waals surface area contributed by atoms with Crippen molar-refractivity contribution in [3.63, 3.8) is 0 Å². The van der Waals surface area contributed by atoms with Crippen LogP contribution in [0.3, 0.4) is 0 Å². The van der Waals surface area contributed by atoms with Gasteiger partial charge in [-0.2, -0.15) is 13.2 Å². The molecule has 160 valence electrons. The number of carbonyl (C=O) groups excluding carboxylic acids is 1. The van der Waals surface area contributed by atoms with E-state index in [1.165, 1.54) is 0 Å². The SMILES string of the molecule is CCN(CC)CCc1ccc(NC(=O)C#Cc2ccc(C(F)(F)F)cc2Cl)cc1Cl. The molecule has 0 heterocycles. The number of hydrogen-bond acceptors (Lipinski definition) is 2. The van der Waals surface area contributed by atoms with E-state index in [1.54, 1.807) is 12.1 Å². The van der Waals surface area contributed by atoms with Crippen LogP contribution in [0.25, 0.3) is 0 Å². The molecule has 0 aromatic heterocycles. The zero-order chi connectivity index (χ0) is 22.3. The summed E-state index contributed by atoms with van der Waals surface area (Å²) in [5, 5.41) is 2.96. The van der Waals surface area contributed by atoms with Gasteiger partial charge in [0.1, 0.15) is 0 Å². The van der Waals surface area contributed by atoms with Crippen molar-refractivity contribution in [1.82, 2.24) is 4.90 Å². The molecule has 8 heteroatoms. The lowest BCUT2D eigenvalue weighted by atomic mass is 10.1. The predicted octanol–water partition coefficient (Wildman–Crippen LogP) is 5.89. The van der Waals surface area contributed by atoms with Crippen LogP contribution >= 0.6 is 23.2 Å². The number of alkyl halides is 3. The van der Waals surface area contributed by atoms with Crippen molar-refractivity contribution in [1.29, 1.82) is 0 Å². The maximum Gasteiger partial charge on any atom is 0.416 e. The summed E-state index contributed by atoms with van der Waals surface area (Å²) in [4.78, 5) is 14.3. The Hall–Kier alpha value is -2.20. The molecule has 0 aliphatic heterocycles. The molecule has 0 aliphatic rings. The maximum atomic E-state index is 12.7. The standard InChI is InChI=1S/C22H21Cl2F3N2O/c1-3-29(4-2)12-11-16-6-9-18(14-20(16)24)28-21(30)10-7-15-5-8-17(13-19(15)23)22(25,26)27/h5-6,8-9,13-14H,3-4,11-12H2,1-2H3,(H,28,30). The van der Waals surface area contributed by atoms with Gasteiger partial charge in [0.15, 0.2) is 0 Å². The van der Waals surface area contributed by atoms with E-state index < -0.39 is 17.6 Å². The van der Waals surface area contributed by atoms with Crippen LogP contribution in [0.4, 0.5) is 18.9 Å². The molecule has 0 aliphatic carbocycles. The first-order chi connectivity index (χ1) is 14.1. The smallest absolute Gasteiger partial charge is 0.315 e. The van der Waals surface area contributed by atoms with E-state index in [0.717, 1.165) is 49.8 Å². The summed E-state index contributed by atoms with van der Waals surface area (Å²) in [6, 6.07) is 8.00. The topological polar surface area (TPSA) is 32.3 Å². The van der Waals surface area contributed by atoms with Gasteiger partial charge in [-0.25, -0.2) is 0 Å². The van der Waals surface area contributed by atoms with Crippen LogP contribution < -0.4 is 5.32 Å². The minimum absolute atomic E-state index is 0.129. The lowest BCUT2D eigenvalue weighted by Crippen LogP contribution is -2.25. The second-order valence-corrected chi connectivity index (χ2v) is 7.29. The molecule has 1 N–H and O–H groups in total. The Morgan fingerprint density at radius 2 is 1.77 bits per heavy atom. The van der Waals surface area contributed by atoms with Gasteiger partial charge in [0.2, 0.25) is 0 Å². The van der Waals surface area contributed by atoms with E-state index in [0.29, 0.717) is 10.7 Å². The summed E-state index contributed by atoms with van der Waals surface area (Å²) in [5.74, 6) is 4.18. The number of halogens is 5. The molecule has 1 amide bonds. The maximum absolute atomic E-state index is 12.7. The Morgan fingerprint density at radius 1 is 1.07 bits per heavy atom. The second kappa shape index (κ2) is 10.7. The predicted molar refractivity (Wildman–Crippen MR) is 115 cm³/mol. The highest BCUT2D eigenvalue weighted by Crippen LogP contribution is 2.31. The zero-order valence-corrected chi connectivity index (χ0v) is 18.0. The van der Waals surface area contributed by atoms with Gasteiger partial charge in [-0.3, -0.25) is 4.79 Å². The summed E-state index contributed by atoms with van der Waals surface area (Å²) in [6.07, 6.45) is -3.70. The number of likely N-dealkylation sites (N-methyl/N-ethyl adjacent to an activating group) is 1. The quantitative estimate of drug-likeness (QED) is 0.549.